The minimum atomic E-state index is -2.35. The molecule has 0 aromatic rings. The second-order valence-electron chi connectivity index (χ2n) is 3.22. The summed E-state index contributed by atoms with van der Waals surface area (Å²) in [7, 11) is 0. The average Bonchev–Trinajstić information content (AvgIpc) is 2.03. The molecule has 0 radical (unpaired) electrons. The predicted molar refractivity (Wildman–Crippen MR) is 47.7 cm³/mol. The Balaban J connectivity index is 3.78. The van der Waals surface area contributed by atoms with Crippen LogP contribution < -0.4 is 5.73 Å². The van der Waals surface area contributed by atoms with Crippen LogP contribution in [0.25, 0.3) is 0 Å². The Morgan fingerprint density at radius 1 is 1.38 bits per heavy atom. The third-order valence-corrected chi connectivity index (χ3v) is 1.78. The molecule has 0 heterocycles. The molecule has 1 atom stereocenters. The maximum atomic E-state index is 12.0. The number of alkyl halides is 2. The zero-order chi connectivity index (χ0) is 10.3. The Labute approximate surface area is 77.5 Å². The molecule has 0 fully saturated rings. The average molecular weight is 196 g/mol. The van der Waals surface area contributed by atoms with Gasteiger partial charge in [-0.2, -0.15) is 0 Å². The molecule has 13 heavy (non-hydrogen) atoms. The molecule has 1 unspecified atom stereocenters. The highest BCUT2D eigenvalue weighted by Crippen LogP contribution is 2.02. The van der Waals surface area contributed by atoms with E-state index in [0.717, 1.165) is 0 Å². The molecule has 3 N–H and O–H groups in total. The fourth-order valence-electron chi connectivity index (χ4n) is 1.11. The Bertz CT molecular complexity index is 125. The molecule has 0 saturated carbocycles. The zero-order valence-corrected chi connectivity index (χ0v) is 7.92. The predicted octanol–water partition coefficient (Wildman–Crippen LogP) is 0.141. The van der Waals surface area contributed by atoms with Gasteiger partial charge in [-0.25, -0.2) is 8.78 Å². The van der Waals surface area contributed by atoms with E-state index >= 15 is 0 Å². The van der Waals surface area contributed by atoms with E-state index in [-0.39, 0.29) is 25.6 Å². The van der Waals surface area contributed by atoms with Gasteiger partial charge in [-0.15, -0.1) is 0 Å². The van der Waals surface area contributed by atoms with Gasteiger partial charge in [0.2, 0.25) is 0 Å². The van der Waals surface area contributed by atoms with Crippen molar-refractivity contribution in [3.8, 4) is 0 Å². The summed E-state index contributed by atoms with van der Waals surface area (Å²) in [5, 5.41) is 8.62. The molecule has 0 aromatic carbocycles. The van der Waals surface area contributed by atoms with Crippen molar-refractivity contribution in [3.05, 3.63) is 0 Å². The number of aliphatic hydroxyl groups is 1. The zero-order valence-electron chi connectivity index (χ0n) is 7.92. The minimum Gasteiger partial charge on any atom is -0.395 e. The highest BCUT2D eigenvalue weighted by molar-refractivity contribution is 4.63. The van der Waals surface area contributed by atoms with Crippen molar-refractivity contribution in [1.82, 2.24) is 4.90 Å². The summed E-state index contributed by atoms with van der Waals surface area (Å²) in [6, 6.07) is 0. The van der Waals surface area contributed by atoms with E-state index in [1.54, 1.807) is 0 Å². The van der Waals surface area contributed by atoms with Crippen LogP contribution in [0, 0.1) is 5.92 Å². The molecular formula is C8H18F2N2O. The summed E-state index contributed by atoms with van der Waals surface area (Å²) in [4.78, 5) is 1.53. The van der Waals surface area contributed by atoms with Crippen LogP contribution >= 0.6 is 0 Å². The second kappa shape index (κ2) is 7.17. The second-order valence-corrected chi connectivity index (χ2v) is 3.22. The fraction of sp³-hybridized carbons (Fsp3) is 1.00. The molecule has 0 aliphatic rings. The molecular weight excluding hydrogens is 178 g/mol. The lowest BCUT2D eigenvalue weighted by Crippen LogP contribution is -2.36. The van der Waals surface area contributed by atoms with Gasteiger partial charge in [0, 0.05) is 13.1 Å². The quantitative estimate of drug-likeness (QED) is 0.609. The van der Waals surface area contributed by atoms with E-state index in [4.69, 9.17) is 10.8 Å². The van der Waals surface area contributed by atoms with Crippen LogP contribution in [0.5, 0.6) is 0 Å². The van der Waals surface area contributed by atoms with E-state index in [1.807, 2.05) is 6.92 Å². The fourth-order valence-corrected chi connectivity index (χ4v) is 1.11. The lowest BCUT2D eigenvalue weighted by molar-refractivity contribution is 0.0718. The topological polar surface area (TPSA) is 49.5 Å². The number of nitrogens with two attached hydrogens (primary N) is 1. The van der Waals surface area contributed by atoms with Gasteiger partial charge in [-0.1, -0.05) is 6.92 Å². The van der Waals surface area contributed by atoms with E-state index in [0.29, 0.717) is 13.1 Å². The van der Waals surface area contributed by atoms with Gasteiger partial charge in [0.1, 0.15) is 0 Å². The minimum absolute atomic E-state index is 0.0932. The lowest BCUT2D eigenvalue weighted by atomic mass is 10.1. The Kier molecular flexibility index (Phi) is 7.03. The van der Waals surface area contributed by atoms with Crippen LogP contribution in [0.1, 0.15) is 6.92 Å². The smallest absolute Gasteiger partial charge is 0.251 e. The van der Waals surface area contributed by atoms with Crippen LogP contribution in [0.15, 0.2) is 0 Å². The van der Waals surface area contributed by atoms with Crippen LogP contribution in [0.4, 0.5) is 8.78 Å². The maximum absolute atomic E-state index is 12.0. The third-order valence-electron chi connectivity index (χ3n) is 1.78. The first-order chi connectivity index (χ1) is 6.10. The molecule has 3 nitrogen and oxygen atoms in total. The third kappa shape index (κ3) is 6.86. The molecule has 0 bridgehead atoms. The van der Waals surface area contributed by atoms with Crippen molar-refractivity contribution in [1.29, 1.82) is 0 Å². The van der Waals surface area contributed by atoms with Gasteiger partial charge in [0.25, 0.3) is 6.43 Å². The number of rotatable bonds is 7. The Morgan fingerprint density at radius 3 is 2.38 bits per heavy atom. The molecule has 0 aliphatic heterocycles. The van der Waals surface area contributed by atoms with Crippen LogP contribution in [0.3, 0.4) is 0 Å². The molecule has 0 saturated heterocycles. The van der Waals surface area contributed by atoms with Gasteiger partial charge in [-0.05, 0) is 12.5 Å². The maximum Gasteiger partial charge on any atom is 0.251 e. The first kappa shape index (κ1) is 12.7. The summed E-state index contributed by atoms with van der Waals surface area (Å²) in [6.45, 7) is 2.80. The summed E-state index contributed by atoms with van der Waals surface area (Å²) in [5.74, 6) is 0.185. The van der Waals surface area contributed by atoms with Crippen molar-refractivity contribution >= 4 is 0 Å². The number of nitrogens with zero attached hydrogens (tertiary/aromatic N) is 1. The van der Waals surface area contributed by atoms with Gasteiger partial charge < -0.3 is 10.8 Å². The van der Waals surface area contributed by atoms with Crippen LogP contribution in [-0.4, -0.2) is 49.2 Å². The van der Waals surface area contributed by atoms with E-state index in [1.165, 1.54) is 4.90 Å². The molecule has 0 rings (SSSR count). The lowest BCUT2D eigenvalue weighted by Gasteiger charge is -2.23. The Morgan fingerprint density at radius 2 is 2.00 bits per heavy atom. The first-order valence-electron chi connectivity index (χ1n) is 4.41. The van der Waals surface area contributed by atoms with Gasteiger partial charge >= 0.3 is 0 Å². The van der Waals surface area contributed by atoms with Crippen LogP contribution in [0.2, 0.25) is 0 Å². The van der Waals surface area contributed by atoms with Crippen molar-refractivity contribution in [3.63, 3.8) is 0 Å². The summed E-state index contributed by atoms with van der Waals surface area (Å²) >= 11 is 0. The van der Waals surface area contributed by atoms with Gasteiger partial charge in [0.05, 0.1) is 13.2 Å². The molecule has 0 amide bonds. The first-order valence-corrected chi connectivity index (χ1v) is 4.41. The van der Waals surface area contributed by atoms with Crippen LogP contribution in [-0.2, 0) is 0 Å². The molecule has 0 spiro atoms. The molecule has 80 valence electrons. The van der Waals surface area contributed by atoms with Crippen molar-refractivity contribution in [2.24, 2.45) is 11.7 Å². The monoisotopic (exact) mass is 196 g/mol. The van der Waals surface area contributed by atoms with E-state index in [2.05, 4.69) is 0 Å². The highest BCUT2D eigenvalue weighted by atomic mass is 19.3. The van der Waals surface area contributed by atoms with Gasteiger partial charge in [-0.3, -0.25) is 4.90 Å². The summed E-state index contributed by atoms with van der Waals surface area (Å²) < 4.78 is 24.0. The Hall–Kier alpha value is -0.260. The summed E-state index contributed by atoms with van der Waals surface area (Å²) in [5.41, 5.74) is 5.37. The van der Waals surface area contributed by atoms with E-state index in [9.17, 15) is 8.78 Å². The van der Waals surface area contributed by atoms with Crippen molar-refractivity contribution in [2.75, 3.05) is 32.8 Å². The number of aliphatic hydroxyl groups excluding tert-OH is 1. The molecule has 0 aliphatic carbocycles. The molecule has 5 heteroatoms. The standard InChI is InChI=1S/C8H18F2N2O/c1-7(4-11)5-12(2-3-13)6-8(9)10/h7-8,13H,2-6,11H2,1H3. The summed E-state index contributed by atoms with van der Waals surface area (Å²) in [6.07, 6.45) is -2.35. The molecule has 0 aromatic heterocycles. The highest BCUT2D eigenvalue weighted by Gasteiger charge is 2.13. The number of halogens is 2. The number of hydrogen-bond donors (Lipinski definition) is 2. The SMILES string of the molecule is CC(CN)CN(CCO)CC(F)F. The van der Waals surface area contributed by atoms with Crippen molar-refractivity contribution < 1.29 is 13.9 Å². The van der Waals surface area contributed by atoms with Crippen molar-refractivity contribution in [2.45, 2.75) is 13.3 Å². The van der Waals surface area contributed by atoms with Gasteiger partial charge in [0.15, 0.2) is 0 Å². The normalized spacial score (nSPS) is 14.1. The van der Waals surface area contributed by atoms with E-state index < -0.39 is 6.43 Å². The number of hydrogen-bond acceptors (Lipinski definition) is 3. The largest absolute Gasteiger partial charge is 0.395 e.